The average Bonchev–Trinajstić information content (AvgIpc) is 2.44. The van der Waals surface area contributed by atoms with Gasteiger partial charge >= 0.3 is 0 Å². The van der Waals surface area contributed by atoms with Crippen LogP contribution in [0.3, 0.4) is 0 Å². The summed E-state index contributed by atoms with van der Waals surface area (Å²) >= 11 is 0. The highest BCUT2D eigenvalue weighted by atomic mass is 16.5. The van der Waals surface area contributed by atoms with E-state index in [0.29, 0.717) is 29.7 Å². The lowest BCUT2D eigenvalue weighted by Crippen LogP contribution is -2.05. The van der Waals surface area contributed by atoms with E-state index in [0.717, 1.165) is 11.3 Å². The summed E-state index contributed by atoms with van der Waals surface area (Å²) in [7, 11) is 1.62. The van der Waals surface area contributed by atoms with Gasteiger partial charge in [0.25, 0.3) is 0 Å². The lowest BCUT2D eigenvalue weighted by molar-refractivity contribution is 0.328. The zero-order valence-corrected chi connectivity index (χ0v) is 11.8. The molecular weight excluding hydrogens is 256 g/mol. The summed E-state index contributed by atoms with van der Waals surface area (Å²) in [6.07, 6.45) is 1.41. The van der Waals surface area contributed by atoms with E-state index in [1.165, 1.54) is 6.33 Å². The molecule has 3 N–H and O–H groups in total. The SMILES string of the molecule is CCOc1ncnc(Nc2cc(C)ccc2OC)c1N. The second kappa shape index (κ2) is 6.10. The zero-order valence-electron chi connectivity index (χ0n) is 11.8. The number of nitrogens with one attached hydrogen (secondary N) is 1. The summed E-state index contributed by atoms with van der Waals surface area (Å²) < 4.78 is 10.7. The molecule has 0 aliphatic carbocycles. The first kappa shape index (κ1) is 13.9. The molecule has 2 aromatic rings. The predicted octanol–water partition coefficient (Wildman–Crippen LogP) is 2.52. The van der Waals surface area contributed by atoms with Gasteiger partial charge in [-0.15, -0.1) is 0 Å². The van der Waals surface area contributed by atoms with E-state index < -0.39 is 0 Å². The van der Waals surface area contributed by atoms with E-state index in [1.54, 1.807) is 7.11 Å². The molecule has 1 aromatic carbocycles. The number of aryl methyl sites for hydroxylation is 1. The van der Waals surface area contributed by atoms with Crippen molar-refractivity contribution in [1.29, 1.82) is 0 Å². The van der Waals surface area contributed by atoms with Crippen LogP contribution in [-0.2, 0) is 0 Å². The third-order valence-corrected chi connectivity index (χ3v) is 2.74. The first-order valence-corrected chi connectivity index (χ1v) is 6.30. The number of aromatic nitrogens is 2. The summed E-state index contributed by atoms with van der Waals surface area (Å²) in [6.45, 7) is 4.37. The van der Waals surface area contributed by atoms with Crippen LogP contribution in [0.5, 0.6) is 11.6 Å². The molecule has 6 heteroatoms. The molecule has 0 bridgehead atoms. The molecule has 0 aliphatic rings. The van der Waals surface area contributed by atoms with Gasteiger partial charge in [-0.25, -0.2) is 4.98 Å². The number of hydrogen-bond donors (Lipinski definition) is 2. The van der Waals surface area contributed by atoms with Crippen molar-refractivity contribution in [2.45, 2.75) is 13.8 Å². The summed E-state index contributed by atoms with van der Waals surface area (Å²) in [5.41, 5.74) is 8.26. The molecule has 6 nitrogen and oxygen atoms in total. The fraction of sp³-hybridized carbons (Fsp3) is 0.286. The topological polar surface area (TPSA) is 82.3 Å². The molecule has 2 rings (SSSR count). The fourth-order valence-corrected chi connectivity index (χ4v) is 1.78. The van der Waals surface area contributed by atoms with Crippen molar-refractivity contribution in [2.75, 3.05) is 24.8 Å². The Morgan fingerprint density at radius 2 is 2.10 bits per heavy atom. The molecule has 1 heterocycles. The minimum Gasteiger partial charge on any atom is -0.495 e. The maximum atomic E-state index is 5.99. The third kappa shape index (κ3) is 2.90. The van der Waals surface area contributed by atoms with Crippen LogP contribution in [0.1, 0.15) is 12.5 Å². The third-order valence-electron chi connectivity index (χ3n) is 2.74. The number of nitrogens with two attached hydrogens (primary N) is 1. The van der Waals surface area contributed by atoms with Gasteiger partial charge in [0, 0.05) is 0 Å². The molecule has 1 aromatic heterocycles. The Bertz CT molecular complexity index is 602. The Morgan fingerprint density at radius 1 is 1.30 bits per heavy atom. The first-order chi connectivity index (χ1) is 9.65. The Labute approximate surface area is 118 Å². The van der Waals surface area contributed by atoms with Crippen molar-refractivity contribution < 1.29 is 9.47 Å². The molecule has 0 radical (unpaired) electrons. The summed E-state index contributed by atoms with van der Waals surface area (Å²) in [5, 5.41) is 3.15. The van der Waals surface area contributed by atoms with Gasteiger partial charge in [0.15, 0.2) is 5.82 Å². The number of methoxy groups -OCH3 is 1. The Morgan fingerprint density at radius 3 is 2.80 bits per heavy atom. The standard InChI is InChI=1S/C14H18N4O2/c1-4-20-14-12(15)13(16-8-17-14)18-10-7-9(2)5-6-11(10)19-3/h5-8H,4,15H2,1-3H3,(H,16,17,18). The smallest absolute Gasteiger partial charge is 0.242 e. The lowest BCUT2D eigenvalue weighted by atomic mass is 10.2. The van der Waals surface area contributed by atoms with Crippen LogP contribution < -0.4 is 20.5 Å². The number of benzene rings is 1. The van der Waals surface area contributed by atoms with Gasteiger partial charge in [-0.2, -0.15) is 4.98 Å². The zero-order chi connectivity index (χ0) is 14.5. The van der Waals surface area contributed by atoms with Gasteiger partial charge in [0.2, 0.25) is 5.88 Å². The molecule has 0 saturated carbocycles. The van der Waals surface area contributed by atoms with Crippen molar-refractivity contribution in [3.05, 3.63) is 30.1 Å². The second-order valence-electron chi connectivity index (χ2n) is 4.20. The molecule has 0 fully saturated rings. The largest absolute Gasteiger partial charge is 0.495 e. The molecule has 0 unspecified atom stereocenters. The molecular formula is C14H18N4O2. The normalized spacial score (nSPS) is 10.2. The maximum absolute atomic E-state index is 5.99. The van der Waals surface area contributed by atoms with Crippen LogP contribution in [0, 0.1) is 6.92 Å². The van der Waals surface area contributed by atoms with Crippen LogP contribution in [0.15, 0.2) is 24.5 Å². The summed E-state index contributed by atoms with van der Waals surface area (Å²) in [6, 6.07) is 5.82. The highest BCUT2D eigenvalue weighted by molar-refractivity contribution is 5.75. The van der Waals surface area contributed by atoms with E-state index in [-0.39, 0.29) is 0 Å². The molecule has 0 amide bonds. The minimum atomic E-state index is 0.372. The predicted molar refractivity (Wildman–Crippen MR) is 78.6 cm³/mol. The van der Waals surface area contributed by atoms with E-state index in [1.807, 2.05) is 32.0 Å². The van der Waals surface area contributed by atoms with Crippen molar-refractivity contribution in [2.24, 2.45) is 0 Å². The van der Waals surface area contributed by atoms with Crippen LogP contribution in [0.4, 0.5) is 17.2 Å². The summed E-state index contributed by atoms with van der Waals surface area (Å²) in [5.74, 6) is 1.58. The van der Waals surface area contributed by atoms with Crippen molar-refractivity contribution in [3.8, 4) is 11.6 Å². The van der Waals surface area contributed by atoms with Gasteiger partial charge in [0.05, 0.1) is 19.4 Å². The van der Waals surface area contributed by atoms with Gasteiger partial charge in [0.1, 0.15) is 17.8 Å². The van der Waals surface area contributed by atoms with Gasteiger partial charge < -0.3 is 20.5 Å². The number of nitrogen functional groups attached to an aromatic ring is 1. The Balaban J connectivity index is 2.35. The number of ether oxygens (including phenoxy) is 2. The van der Waals surface area contributed by atoms with Crippen molar-refractivity contribution in [1.82, 2.24) is 9.97 Å². The lowest BCUT2D eigenvalue weighted by Gasteiger charge is -2.14. The molecule has 106 valence electrons. The number of rotatable bonds is 5. The number of nitrogens with zero attached hydrogens (tertiary/aromatic N) is 2. The van der Waals surface area contributed by atoms with Gasteiger partial charge in [-0.3, -0.25) is 0 Å². The Kier molecular flexibility index (Phi) is 4.24. The van der Waals surface area contributed by atoms with Crippen molar-refractivity contribution >= 4 is 17.2 Å². The second-order valence-corrected chi connectivity index (χ2v) is 4.20. The van der Waals surface area contributed by atoms with Crippen LogP contribution in [0.25, 0.3) is 0 Å². The molecule has 0 aliphatic heterocycles. The highest BCUT2D eigenvalue weighted by Gasteiger charge is 2.11. The van der Waals surface area contributed by atoms with Crippen LogP contribution in [-0.4, -0.2) is 23.7 Å². The van der Waals surface area contributed by atoms with Gasteiger partial charge in [-0.05, 0) is 31.5 Å². The van der Waals surface area contributed by atoms with Crippen LogP contribution in [0.2, 0.25) is 0 Å². The van der Waals surface area contributed by atoms with E-state index in [2.05, 4.69) is 15.3 Å². The first-order valence-electron chi connectivity index (χ1n) is 6.30. The maximum Gasteiger partial charge on any atom is 0.242 e. The van der Waals surface area contributed by atoms with Crippen molar-refractivity contribution in [3.63, 3.8) is 0 Å². The number of hydrogen-bond acceptors (Lipinski definition) is 6. The Hall–Kier alpha value is -2.50. The van der Waals surface area contributed by atoms with E-state index in [9.17, 15) is 0 Å². The molecule has 0 atom stereocenters. The van der Waals surface area contributed by atoms with E-state index in [4.69, 9.17) is 15.2 Å². The average molecular weight is 274 g/mol. The molecule has 20 heavy (non-hydrogen) atoms. The fourth-order valence-electron chi connectivity index (χ4n) is 1.78. The molecule has 0 spiro atoms. The van der Waals surface area contributed by atoms with E-state index >= 15 is 0 Å². The monoisotopic (exact) mass is 274 g/mol. The molecule has 0 saturated heterocycles. The quantitative estimate of drug-likeness (QED) is 0.871. The van der Waals surface area contributed by atoms with Crippen LogP contribution >= 0.6 is 0 Å². The number of anilines is 3. The highest BCUT2D eigenvalue weighted by Crippen LogP contribution is 2.32. The van der Waals surface area contributed by atoms with Gasteiger partial charge in [-0.1, -0.05) is 6.07 Å². The minimum absolute atomic E-state index is 0.372. The summed E-state index contributed by atoms with van der Waals surface area (Å²) in [4.78, 5) is 8.14.